The Morgan fingerprint density at radius 2 is 1.93 bits per heavy atom. The number of amides is 1. The molecule has 8 heteroatoms. The van der Waals surface area contributed by atoms with Gasteiger partial charge in [0.05, 0.1) is 5.52 Å². The van der Waals surface area contributed by atoms with E-state index >= 15 is 0 Å². The molecule has 0 spiro atoms. The number of pyridine rings is 1. The van der Waals surface area contributed by atoms with E-state index in [-0.39, 0.29) is 17.2 Å². The Morgan fingerprint density at radius 1 is 1.07 bits per heavy atom. The molecule has 150 valence electrons. The van der Waals surface area contributed by atoms with E-state index < -0.39 is 0 Å². The van der Waals surface area contributed by atoms with Gasteiger partial charge in [-0.05, 0) is 24.6 Å². The summed E-state index contributed by atoms with van der Waals surface area (Å²) in [6.07, 6.45) is 0.897. The van der Waals surface area contributed by atoms with Crippen LogP contribution in [-0.4, -0.2) is 57.5 Å². The van der Waals surface area contributed by atoms with Gasteiger partial charge in [-0.3, -0.25) is 19.1 Å². The lowest BCUT2D eigenvalue weighted by molar-refractivity contribution is -0.0384. The van der Waals surface area contributed by atoms with Crippen LogP contribution in [0.4, 0.5) is 0 Å². The molecule has 0 unspecified atom stereocenters. The fraction of sp³-hybridized carbons (Fsp3) is 0.381. The molecule has 2 fully saturated rings. The van der Waals surface area contributed by atoms with Gasteiger partial charge in [-0.2, -0.15) is 0 Å². The van der Waals surface area contributed by atoms with E-state index in [1.807, 2.05) is 23.1 Å². The summed E-state index contributed by atoms with van der Waals surface area (Å²) < 4.78 is 6.99. The molecule has 1 N–H and O–H groups in total. The lowest BCUT2D eigenvalue weighted by Crippen LogP contribution is -2.64. The van der Waals surface area contributed by atoms with Crippen molar-refractivity contribution < 1.29 is 9.21 Å². The van der Waals surface area contributed by atoms with Crippen molar-refractivity contribution in [1.82, 2.24) is 19.4 Å². The molecule has 2 aliphatic heterocycles. The zero-order valence-electron chi connectivity index (χ0n) is 15.9. The first-order valence-electron chi connectivity index (χ1n) is 9.91. The molecule has 2 aromatic heterocycles. The van der Waals surface area contributed by atoms with Gasteiger partial charge < -0.3 is 14.3 Å². The van der Waals surface area contributed by atoms with Gasteiger partial charge in [-0.1, -0.05) is 18.2 Å². The topological polar surface area (TPSA) is 91.5 Å². The molecule has 1 amide bonds. The molecule has 2 aliphatic rings. The average Bonchev–Trinajstić information content (AvgIpc) is 3.03. The number of rotatable bonds is 4. The highest BCUT2D eigenvalue weighted by molar-refractivity contribution is 5.92. The number of hydrogen-bond acceptors (Lipinski definition) is 5. The Balaban J connectivity index is 1.20. The van der Waals surface area contributed by atoms with Crippen molar-refractivity contribution in [2.24, 2.45) is 5.92 Å². The number of aromatic amines is 1. The minimum Gasteiger partial charge on any atom is -0.408 e. The molecular weight excluding hydrogens is 372 g/mol. The molecule has 0 radical (unpaired) electrons. The minimum absolute atomic E-state index is 0.115. The van der Waals surface area contributed by atoms with Crippen molar-refractivity contribution >= 4 is 17.0 Å². The molecular formula is C21H22N4O4. The number of carbonyl (C=O) groups excluding carboxylic acids is 1. The number of carbonyl (C=O) groups is 1. The summed E-state index contributed by atoms with van der Waals surface area (Å²) in [5.41, 5.74) is 1.53. The number of para-hydroxylation sites is 2. The van der Waals surface area contributed by atoms with Crippen molar-refractivity contribution in [3.63, 3.8) is 0 Å². The molecule has 4 heterocycles. The van der Waals surface area contributed by atoms with E-state index in [9.17, 15) is 14.4 Å². The number of likely N-dealkylation sites (tertiary alicyclic amines) is 2. The van der Waals surface area contributed by atoms with E-state index in [1.165, 1.54) is 6.07 Å². The molecule has 3 aromatic rings. The van der Waals surface area contributed by atoms with Crippen molar-refractivity contribution in [2.45, 2.75) is 19.0 Å². The lowest BCUT2D eigenvalue weighted by atomic mass is 9.82. The van der Waals surface area contributed by atoms with E-state index in [2.05, 4.69) is 9.88 Å². The Morgan fingerprint density at radius 3 is 2.76 bits per heavy atom. The van der Waals surface area contributed by atoms with Gasteiger partial charge in [-0.15, -0.1) is 0 Å². The third kappa shape index (κ3) is 3.19. The molecule has 0 bridgehead atoms. The largest absolute Gasteiger partial charge is 0.419 e. The van der Waals surface area contributed by atoms with Crippen LogP contribution in [0.15, 0.2) is 56.5 Å². The number of nitrogens with one attached hydrogen (secondary N) is 1. The van der Waals surface area contributed by atoms with Gasteiger partial charge in [0.25, 0.3) is 5.91 Å². The van der Waals surface area contributed by atoms with Crippen LogP contribution in [0.3, 0.4) is 0 Å². The van der Waals surface area contributed by atoms with E-state index in [1.54, 1.807) is 22.8 Å². The molecule has 2 saturated heterocycles. The van der Waals surface area contributed by atoms with Crippen molar-refractivity contribution in [3.8, 4) is 0 Å². The molecule has 29 heavy (non-hydrogen) atoms. The Hall–Kier alpha value is -3.13. The number of benzene rings is 1. The van der Waals surface area contributed by atoms with Crippen LogP contribution in [0.2, 0.25) is 0 Å². The highest BCUT2D eigenvalue weighted by Crippen LogP contribution is 2.32. The summed E-state index contributed by atoms with van der Waals surface area (Å²) in [6, 6.07) is 12.6. The van der Waals surface area contributed by atoms with E-state index in [0.29, 0.717) is 42.9 Å². The second-order valence-electron chi connectivity index (χ2n) is 7.78. The summed E-state index contributed by atoms with van der Waals surface area (Å²) in [5, 5.41) is 0. The minimum atomic E-state index is -0.319. The molecule has 2 atom stereocenters. The Labute approximate surface area is 166 Å². The lowest BCUT2D eigenvalue weighted by Gasteiger charge is -2.53. The van der Waals surface area contributed by atoms with Crippen LogP contribution < -0.4 is 11.3 Å². The summed E-state index contributed by atoms with van der Waals surface area (Å²) >= 11 is 0. The number of hydrogen-bond donors (Lipinski definition) is 1. The van der Waals surface area contributed by atoms with Crippen LogP contribution in [-0.2, 0) is 6.54 Å². The number of piperidine rings is 1. The first-order valence-corrected chi connectivity index (χ1v) is 9.91. The van der Waals surface area contributed by atoms with Gasteiger partial charge in [0.15, 0.2) is 5.58 Å². The first kappa shape index (κ1) is 17.9. The molecule has 8 nitrogen and oxygen atoms in total. The van der Waals surface area contributed by atoms with Gasteiger partial charge in [0.2, 0.25) is 5.56 Å². The van der Waals surface area contributed by atoms with Crippen LogP contribution in [0, 0.1) is 5.92 Å². The van der Waals surface area contributed by atoms with Gasteiger partial charge in [0.1, 0.15) is 5.69 Å². The smallest absolute Gasteiger partial charge is 0.408 e. The fourth-order valence-corrected chi connectivity index (χ4v) is 4.62. The Bertz CT molecular complexity index is 1180. The SMILES string of the molecule is O=C(c1cccc(=O)[nH]1)N1CC[C@H]2[C@@H](C1)CN2CCn1c(=O)oc2ccccc21. The number of fused-ring (bicyclic) bond motifs is 2. The summed E-state index contributed by atoms with van der Waals surface area (Å²) in [5.74, 6) is -0.00230. The summed E-state index contributed by atoms with van der Waals surface area (Å²) in [6.45, 7) is 3.65. The van der Waals surface area contributed by atoms with Crippen molar-refractivity contribution in [3.05, 3.63) is 69.1 Å². The first-order chi connectivity index (χ1) is 14.1. The second-order valence-corrected chi connectivity index (χ2v) is 7.78. The highest BCUT2D eigenvalue weighted by Gasteiger charge is 2.43. The number of H-pyrrole nitrogens is 1. The number of nitrogens with zero attached hydrogens (tertiary/aromatic N) is 3. The van der Waals surface area contributed by atoms with Crippen LogP contribution in [0.5, 0.6) is 0 Å². The maximum absolute atomic E-state index is 12.6. The number of aromatic nitrogens is 2. The zero-order chi connectivity index (χ0) is 20.0. The predicted molar refractivity (Wildman–Crippen MR) is 107 cm³/mol. The molecule has 1 aromatic carbocycles. The normalized spacial score (nSPS) is 21.7. The maximum Gasteiger partial charge on any atom is 0.419 e. The van der Waals surface area contributed by atoms with Crippen LogP contribution in [0.25, 0.3) is 11.1 Å². The summed E-state index contributed by atoms with van der Waals surface area (Å²) in [7, 11) is 0. The average molecular weight is 394 g/mol. The number of oxazole rings is 1. The quantitative estimate of drug-likeness (QED) is 0.716. The Kier molecular flexibility index (Phi) is 4.35. The van der Waals surface area contributed by atoms with Crippen molar-refractivity contribution in [2.75, 3.05) is 26.2 Å². The second kappa shape index (κ2) is 7.04. The van der Waals surface area contributed by atoms with Gasteiger partial charge in [0, 0.05) is 50.7 Å². The maximum atomic E-state index is 12.6. The van der Waals surface area contributed by atoms with Crippen LogP contribution in [0.1, 0.15) is 16.9 Å². The molecule has 0 aliphatic carbocycles. The summed E-state index contributed by atoms with van der Waals surface area (Å²) in [4.78, 5) is 43.1. The zero-order valence-corrected chi connectivity index (χ0v) is 15.9. The van der Waals surface area contributed by atoms with E-state index in [0.717, 1.165) is 25.0 Å². The van der Waals surface area contributed by atoms with Gasteiger partial charge >= 0.3 is 5.76 Å². The third-order valence-corrected chi connectivity index (χ3v) is 6.10. The van der Waals surface area contributed by atoms with Gasteiger partial charge in [-0.25, -0.2) is 4.79 Å². The van der Waals surface area contributed by atoms with E-state index in [4.69, 9.17) is 4.42 Å². The third-order valence-electron chi connectivity index (χ3n) is 6.10. The monoisotopic (exact) mass is 394 g/mol. The van der Waals surface area contributed by atoms with Crippen LogP contribution >= 0.6 is 0 Å². The predicted octanol–water partition coefficient (Wildman–Crippen LogP) is 1.13. The fourth-order valence-electron chi connectivity index (χ4n) is 4.62. The van der Waals surface area contributed by atoms with Crippen molar-refractivity contribution in [1.29, 1.82) is 0 Å². The molecule has 5 rings (SSSR count). The highest BCUT2D eigenvalue weighted by atomic mass is 16.4. The standard InChI is InChI=1S/C21H22N4O4/c26-19-7-3-4-15(22-19)20(27)24-9-8-16-14(13-24)12-23(16)10-11-25-17-5-1-2-6-18(17)29-21(25)28/h1-7,14,16H,8-13H2,(H,22,26)/t14-,16+/m1/s1. The molecule has 0 saturated carbocycles.